The molecule has 0 radical (unpaired) electrons. The first-order valence-electron chi connectivity index (χ1n) is 6.35. The summed E-state index contributed by atoms with van der Waals surface area (Å²) in [5.41, 5.74) is 5.14. The summed E-state index contributed by atoms with van der Waals surface area (Å²) >= 11 is 0. The summed E-state index contributed by atoms with van der Waals surface area (Å²) in [5, 5.41) is 7.34. The number of amides is 1. The van der Waals surface area contributed by atoms with Gasteiger partial charge in [0.15, 0.2) is 0 Å². The van der Waals surface area contributed by atoms with Crippen LogP contribution in [0.2, 0.25) is 0 Å². The Morgan fingerprint density at radius 1 is 1.26 bits per heavy atom. The van der Waals surface area contributed by atoms with E-state index in [1.807, 2.05) is 30.7 Å². The van der Waals surface area contributed by atoms with Crippen molar-refractivity contribution in [2.24, 2.45) is 0 Å². The van der Waals surface area contributed by atoms with E-state index in [2.05, 4.69) is 29.5 Å². The lowest BCUT2D eigenvalue weighted by Gasteiger charge is -2.08. The van der Waals surface area contributed by atoms with Crippen LogP contribution in [0.15, 0.2) is 24.3 Å². The van der Waals surface area contributed by atoms with Crippen LogP contribution in [0.4, 0.5) is 5.69 Å². The third-order valence-corrected chi connectivity index (χ3v) is 3.26. The molecule has 0 aliphatic rings. The van der Waals surface area contributed by atoms with Crippen LogP contribution in [0.3, 0.4) is 0 Å². The predicted octanol–water partition coefficient (Wildman–Crippen LogP) is 2.82. The molecule has 0 atom stereocenters. The molecule has 1 amide bonds. The second-order valence-corrected chi connectivity index (χ2v) is 4.81. The summed E-state index contributed by atoms with van der Waals surface area (Å²) in [6, 6.07) is 8.26. The number of nitrogens with one attached hydrogen (secondary N) is 1. The van der Waals surface area contributed by atoms with Gasteiger partial charge in [0.1, 0.15) is 0 Å². The van der Waals surface area contributed by atoms with Gasteiger partial charge < -0.3 is 5.32 Å². The SMILES string of the molecule is CC(=O)Nc1c(C)nn(Cc2ccccc2C)c1C. The maximum absolute atomic E-state index is 11.2. The van der Waals surface area contributed by atoms with Gasteiger partial charge in [-0.05, 0) is 31.9 Å². The van der Waals surface area contributed by atoms with Gasteiger partial charge in [-0.15, -0.1) is 0 Å². The molecule has 4 nitrogen and oxygen atoms in total. The normalized spacial score (nSPS) is 10.5. The van der Waals surface area contributed by atoms with Crippen molar-refractivity contribution in [2.45, 2.75) is 34.2 Å². The maximum atomic E-state index is 11.2. The van der Waals surface area contributed by atoms with Crippen LogP contribution in [-0.4, -0.2) is 15.7 Å². The lowest BCUT2D eigenvalue weighted by Crippen LogP contribution is -2.09. The van der Waals surface area contributed by atoms with Crippen molar-refractivity contribution in [3.63, 3.8) is 0 Å². The summed E-state index contributed by atoms with van der Waals surface area (Å²) in [7, 11) is 0. The van der Waals surface area contributed by atoms with Crippen molar-refractivity contribution in [1.29, 1.82) is 0 Å². The topological polar surface area (TPSA) is 46.9 Å². The summed E-state index contributed by atoms with van der Waals surface area (Å²) in [6.07, 6.45) is 0. The molecular formula is C15H19N3O. The quantitative estimate of drug-likeness (QED) is 0.919. The third kappa shape index (κ3) is 2.84. The van der Waals surface area contributed by atoms with E-state index in [4.69, 9.17) is 0 Å². The van der Waals surface area contributed by atoms with E-state index in [1.54, 1.807) is 0 Å². The van der Waals surface area contributed by atoms with Crippen LogP contribution in [-0.2, 0) is 11.3 Å². The largest absolute Gasteiger partial charge is 0.323 e. The number of benzene rings is 1. The molecule has 4 heteroatoms. The Hall–Kier alpha value is -2.10. The summed E-state index contributed by atoms with van der Waals surface area (Å²) in [6.45, 7) is 8.21. The Morgan fingerprint density at radius 3 is 2.58 bits per heavy atom. The van der Waals surface area contributed by atoms with E-state index < -0.39 is 0 Å². The zero-order valence-corrected chi connectivity index (χ0v) is 11.8. The molecule has 0 bridgehead atoms. The van der Waals surface area contributed by atoms with Crippen LogP contribution in [0, 0.1) is 20.8 Å². The van der Waals surface area contributed by atoms with Crippen LogP contribution in [0.25, 0.3) is 0 Å². The molecule has 100 valence electrons. The standard InChI is InChI=1S/C15H19N3O/c1-10-7-5-6-8-14(10)9-18-12(3)15(11(2)17-18)16-13(4)19/h5-8H,9H2,1-4H3,(H,16,19). The molecule has 0 saturated heterocycles. The number of carbonyl (C=O) groups excluding carboxylic acids is 1. The van der Waals surface area contributed by atoms with Gasteiger partial charge in [0.05, 0.1) is 23.6 Å². The molecule has 0 spiro atoms. The van der Waals surface area contributed by atoms with Crippen LogP contribution in [0.1, 0.15) is 29.4 Å². The molecule has 2 rings (SSSR count). The average molecular weight is 257 g/mol. The number of carbonyl (C=O) groups is 1. The Labute approximate surface area is 113 Å². The Balaban J connectivity index is 2.32. The van der Waals surface area contributed by atoms with Crippen molar-refractivity contribution in [1.82, 2.24) is 9.78 Å². The lowest BCUT2D eigenvalue weighted by molar-refractivity contribution is -0.114. The predicted molar refractivity (Wildman–Crippen MR) is 76.3 cm³/mol. The fraction of sp³-hybridized carbons (Fsp3) is 0.333. The highest BCUT2D eigenvalue weighted by Gasteiger charge is 2.13. The number of anilines is 1. The second kappa shape index (κ2) is 5.26. The molecule has 0 saturated carbocycles. The lowest BCUT2D eigenvalue weighted by atomic mass is 10.1. The number of aromatic nitrogens is 2. The first-order chi connectivity index (χ1) is 8.99. The van der Waals surface area contributed by atoms with Crippen molar-refractivity contribution >= 4 is 11.6 Å². The van der Waals surface area contributed by atoms with Gasteiger partial charge in [-0.25, -0.2) is 0 Å². The number of hydrogen-bond donors (Lipinski definition) is 1. The molecule has 0 unspecified atom stereocenters. The summed E-state index contributed by atoms with van der Waals surface area (Å²) in [5.74, 6) is -0.0679. The smallest absolute Gasteiger partial charge is 0.221 e. The van der Waals surface area contributed by atoms with E-state index in [0.29, 0.717) is 0 Å². The molecule has 1 aromatic heterocycles. The molecular weight excluding hydrogens is 238 g/mol. The Morgan fingerprint density at radius 2 is 1.95 bits per heavy atom. The first-order valence-corrected chi connectivity index (χ1v) is 6.35. The van der Waals surface area contributed by atoms with Gasteiger partial charge in [-0.2, -0.15) is 5.10 Å². The minimum Gasteiger partial charge on any atom is -0.323 e. The highest BCUT2D eigenvalue weighted by molar-refractivity contribution is 5.89. The van der Waals surface area contributed by atoms with Crippen molar-refractivity contribution in [3.8, 4) is 0 Å². The number of nitrogens with zero attached hydrogens (tertiary/aromatic N) is 2. The van der Waals surface area contributed by atoms with Crippen LogP contribution < -0.4 is 5.32 Å². The first kappa shape index (κ1) is 13.3. The zero-order chi connectivity index (χ0) is 14.0. The van der Waals surface area contributed by atoms with Gasteiger partial charge in [0.2, 0.25) is 5.91 Å². The highest BCUT2D eigenvalue weighted by atomic mass is 16.1. The van der Waals surface area contributed by atoms with Gasteiger partial charge in [-0.3, -0.25) is 9.48 Å². The van der Waals surface area contributed by atoms with Crippen molar-refractivity contribution in [3.05, 3.63) is 46.8 Å². The fourth-order valence-corrected chi connectivity index (χ4v) is 2.16. The number of hydrogen-bond acceptors (Lipinski definition) is 2. The summed E-state index contributed by atoms with van der Waals surface area (Å²) < 4.78 is 1.93. The zero-order valence-electron chi connectivity index (χ0n) is 11.8. The molecule has 19 heavy (non-hydrogen) atoms. The van der Waals surface area contributed by atoms with Crippen LogP contribution in [0.5, 0.6) is 0 Å². The summed E-state index contributed by atoms with van der Waals surface area (Å²) in [4.78, 5) is 11.2. The van der Waals surface area contributed by atoms with E-state index in [1.165, 1.54) is 18.1 Å². The Kier molecular flexibility index (Phi) is 3.69. The van der Waals surface area contributed by atoms with Gasteiger partial charge in [-0.1, -0.05) is 24.3 Å². The van der Waals surface area contributed by atoms with E-state index in [-0.39, 0.29) is 5.91 Å². The molecule has 0 aliphatic heterocycles. The minimum atomic E-state index is -0.0679. The van der Waals surface area contributed by atoms with Gasteiger partial charge in [0, 0.05) is 6.92 Å². The molecule has 2 aromatic rings. The van der Waals surface area contributed by atoms with Crippen molar-refractivity contribution < 1.29 is 4.79 Å². The molecule has 1 aromatic carbocycles. The molecule has 0 fully saturated rings. The third-order valence-electron chi connectivity index (χ3n) is 3.26. The molecule has 0 aliphatic carbocycles. The number of rotatable bonds is 3. The van der Waals surface area contributed by atoms with E-state index >= 15 is 0 Å². The minimum absolute atomic E-state index is 0.0679. The number of aryl methyl sites for hydroxylation is 2. The second-order valence-electron chi connectivity index (χ2n) is 4.81. The average Bonchev–Trinajstić information content (AvgIpc) is 2.60. The van der Waals surface area contributed by atoms with Crippen molar-refractivity contribution in [2.75, 3.05) is 5.32 Å². The fourth-order valence-electron chi connectivity index (χ4n) is 2.16. The molecule has 1 N–H and O–H groups in total. The monoisotopic (exact) mass is 257 g/mol. The van der Waals surface area contributed by atoms with E-state index in [0.717, 1.165) is 23.6 Å². The van der Waals surface area contributed by atoms with Gasteiger partial charge in [0.25, 0.3) is 0 Å². The van der Waals surface area contributed by atoms with E-state index in [9.17, 15) is 4.79 Å². The maximum Gasteiger partial charge on any atom is 0.221 e. The van der Waals surface area contributed by atoms with Crippen LogP contribution >= 0.6 is 0 Å². The van der Waals surface area contributed by atoms with Gasteiger partial charge >= 0.3 is 0 Å². The molecule has 1 heterocycles. The highest BCUT2D eigenvalue weighted by Crippen LogP contribution is 2.21. The Bertz CT molecular complexity index is 614.